The summed E-state index contributed by atoms with van der Waals surface area (Å²) in [6.07, 6.45) is 1.82. The molecular weight excluding hydrogens is 160 g/mol. The number of hydrogen-bond acceptors (Lipinski definition) is 4. The Kier molecular flexibility index (Phi) is 8.37. The van der Waals surface area contributed by atoms with Crippen LogP contribution < -0.4 is 0 Å². The second-order valence-electron chi connectivity index (χ2n) is 2.14. The molecule has 0 fully saturated rings. The molecule has 0 aromatic carbocycles. The first kappa shape index (κ1) is 11.6. The molecule has 0 atom stereocenters. The minimum Gasteiger partial charge on any atom is -0.394 e. The molecule has 0 amide bonds. The fraction of sp³-hybridized carbons (Fsp3) is 0.750. The summed E-state index contributed by atoms with van der Waals surface area (Å²) < 4.78 is 10.2. The van der Waals surface area contributed by atoms with E-state index < -0.39 is 6.29 Å². The molecule has 0 aliphatic heterocycles. The SMILES string of the molecule is C=CCC(OCCO)OCCO. The largest absolute Gasteiger partial charge is 0.394 e. The Labute approximate surface area is 72.4 Å². The van der Waals surface area contributed by atoms with Crippen molar-refractivity contribution in [2.75, 3.05) is 26.4 Å². The molecule has 0 aliphatic carbocycles. The minimum absolute atomic E-state index is 0.0316. The third-order valence-corrected chi connectivity index (χ3v) is 1.15. The Morgan fingerprint density at radius 3 is 2.00 bits per heavy atom. The Morgan fingerprint density at radius 2 is 1.67 bits per heavy atom. The number of rotatable bonds is 8. The molecule has 0 aliphatic rings. The topological polar surface area (TPSA) is 58.9 Å². The van der Waals surface area contributed by atoms with E-state index in [0.717, 1.165) is 0 Å². The summed E-state index contributed by atoms with van der Waals surface area (Å²) >= 11 is 0. The maximum absolute atomic E-state index is 8.45. The van der Waals surface area contributed by atoms with Crippen LogP contribution >= 0.6 is 0 Å². The molecule has 0 heterocycles. The van der Waals surface area contributed by atoms with Crippen LogP contribution in [0.25, 0.3) is 0 Å². The van der Waals surface area contributed by atoms with E-state index in [4.69, 9.17) is 19.7 Å². The van der Waals surface area contributed by atoms with Crippen molar-refractivity contribution in [2.24, 2.45) is 0 Å². The van der Waals surface area contributed by atoms with Crippen LogP contribution in [0.15, 0.2) is 12.7 Å². The van der Waals surface area contributed by atoms with Crippen LogP contribution in [0.1, 0.15) is 6.42 Å². The molecule has 0 unspecified atom stereocenters. The van der Waals surface area contributed by atoms with Gasteiger partial charge in [0, 0.05) is 6.42 Å². The monoisotopic (exact) mass is 176 g/mol. The molecule has 0 bridgehead atoms. The molecule has 72 valence electrons. The zero-order chi connectivity index (χ0) is 9.23. The van der Waals surface area contributed by atoms with Crippen LogP contribution in [0.3, 0.4) is 0 Å². The van der Waals surface area contributed by atoms with Gasteiger partial charge in [-0.3, -0.25) is 0 Å². The average Bonchev–Trinajstić information content (AvgIpc) is 2.10. The van der Waals surface area contributed by atoms with E-state index in [9.17, 15) is 0 Å². The fourth-order valence-electron chi connectivity index (χ4n) is 0.689. The zero-order valence-corrected chi connectivity index (χ0v) is 7.11. The predicted molar refractivity (Wildman–Crippen MR) is 44.7 cm³/mol. The Balaban J connectivity index is 3.46. The van der Waals surface area contributed by atoms with Gasteiger partial charge in [-0.1, -0.05) is 6.08 Å². The van der Waals surface area contributed by atoms with Crippen molar-refractivity contribution in [3.63, 3.8) is 0 Å². The molecule has 0 saturated heterocycles. The molecule has 0 rings (SSSR count). The van der Waals surface area contributed by atoms with Crippen LogP contribution in [0, 0.1) is 0 Å². The number of aliphatic hydroxyl groups is 2. The van der Waals surface area contributed by atoms with Gasteiger partial charge in [0.15, 0.2) is 6.29 Å². The second-order valence-corrected chi connectivity index (χ2v) is 2.14. The molecule has 0 saturated carbocycles. The Hall–Kier alpha value is -0.420. The smallest absolute Gasteiger partial charge is 0.161 e. The predicted octanol–water partition coefficient (Wildman–Crippen LogP) is -0.0936. The summed E-state index contributed by atoms with van der Waals surface area (Å²) in [5.41, 5.74) is 0. The van der Waals surface area contributed by atoms with E-state index in [-0.39, 0.29) is 26.4 Å². The van der Waals surface area contributed by atoms with E-state index in [1.807, 2.05) is 0 Å². The standard InChI is InChI=1S/C8H16O4/c1-2-3-8(11-6-4-9)12-7-5-10/h2,8-10H,1,3-7H2. The van der Waals surface area contributed by atoms with Gasteiger partial charge in [-0.25, -0.2) is 0 Å². The fourth-order valence-corrected chi connectivity index (χ4v) is 0.689. The van der Waals surface area contributed by atoms with Crippen molar-refractivity contribution in [3.8, 4) is 0 Å². The first-order valence-electron chi connectivity index (χ1n) is 3.91. The quantitative estimate of drug-likeness (QED) is 0.401. The minimum atomic E-state index is -0.401. The molecule has 0 aromatic heterocycles. The Bertz CT molecular complexity index is 97.2. The van der Waals surface area contributed by atoms with E-state index in [0.29, 0.717) is 6.42 Å². The van der Waals surface area contributed by atoms with Gasteiger partial charge in [0.25, 0.3) is 0 Å². The number of hydrogen-bond donors (Lipinski definition) is 2. The van der Waals surface area contributed by atoms with Crippen molar-refractivity contribution < 1.29 is 19.7 Å². The van der Waals surface area contributed by atoms with Gasteiger partial charge in [0.05, 0.1) is 26.4 Å². The van der Waals surface area contributed by atoms with E-state index in [1.54, 1.807) is 6.08 Å². The molecule has 12 heavy (non-hydrogen) atoms. The van der Waals surface area contributed by atoms with Crippen LogP contribution in [-0.2, 0) is 9.47 Å². The molecule has 0 spiro atoms. The van der Waals surface area contributed by atoms with Crippen molar-refractivity contribution in [1.29, 1.82) is 0 Å². The third kappa shape index (κ3) is 6.30. The first-order chi connectivity index (χ1) is 5.85. The van der Waals surface area contributed by atoms with Gasteiger partial charge in [0.1, 0.15) is 0 Å². The first-order valence-corrected chi connectivity index (χ1v) is 3.91. The molecular formula is C8H16O4. The third-order valence-electron chi connectivity index (χ3n) is 1.15. The molecule has 4 heteroatoms. The molecule has 0 radical (unpaired) electrons. The van der Waals surface area contributed by atoms with Crippen molar-refractivity contribution in [3.05, 3.63) is 12.7 Å². The van der Waals surface area contributed by atoms with Crippen LogP contribution in [0.2, 0.25) is 0 Å². The van der Waals surface area contributed by atoms with E-state index in [2.05, 4.69) is 6.58 Å². The van der Waals surface area contributed by atoms with Gasteiger partial charge >= 0.3 is 0 Å². The van der Waals surface area contributed by atoms with Gasteiger partial charge in [-0.2, -0.15) is 0 Å². The maximum atomic E-state index is 8.45. The summed E-state index contributed by atoms with van der Waals surface area (Å²) in [6, 6.07) is 0. The number of aliphatic hydroxyl groups excluding tert-OH is 2. The van der Waals surface area contributed by atoms with Gasteiger partial charge in [0.2, 0.25) is 0 Å². The zero-order valence-electron chi connectivity index (χ0n) is 7.11. The molecule has 0 aromatic rings. The van der Waals surface area contributed by atoms with Crippen LogP contribution in [0.5, 0.6) is 0 Å². The highest BCUT2D eigenvalue weighted by Gasteiger charge is 2.05. The molecule has 2 N–H and O–H groups in total. The summed E-state index contributed by atoms with van der Waals surface area (Å²) in [4.78, 5) is 0. The maximum Gasteiger partial charge on any atom is 0.161 e. The number of ether oxygens (including phenoxy) is 2. The lowest BCUT2D eigenvalue weighted by Crippen LogP contribution is -2.20. The van der Waals surface area contributed by atoms with Crippen molar-refractivity contribution in [2.45, 2.75) is 12.7 Å². The Morgan fingerprint density at radius 1 is 1.17 bits per heavy atom. The lowest BCUT2D eigenvalue weighted by Gasteiger charge is -2.15. The average molecular weight is 176 g/mol. The van der Waals surface area contributed by atoms with Gasteiger partial charge in [-0.05, 0) is 0 Å². The van der Waals surface area contributed by atoms with E-state index in [1.165, 1.54) is 0 Å². The van der Waals surface area contributed by atoms with Crippen molar-refractivity contribution >= 4 is 0 Å². The highest BCUT2D eigenvalue weighted by atomic mass is 16.7. The van der Waals surface area contributed by atoms with Crippen molar-refractivity contribution in [1.82, 2.24) is 0 Å². The summed E-state index contributed by atoms with van der Waals surface area (Å²) in [7, 11) is 0. The summed E-state index contributed by atoms with van der Waals surface area (Å²) in [5.74, 6) is 0. The van der Waals surface area contributed by atoms with E-state index >= 15 is 0 Å². The van der Waals surface area contributed by atoms with Crippen LogP contribution in [-0.4, -0.2) is 42.9 Å². The lowest BCUT2D eigenvalue weighted by molar-refractivity contribution is -0.149. The normalized spacial score (nSPS) is 10.6. The summed E-state index contributed by atoms with van der Waals surface area (Å²) in [6.45, 7) is 3.95. The van der Waals surface area contributed by atoms with Gasteiger partial charge < -0.3 is 19.7 Å². The van der Waals surface area contributed by atoms with Crippen LogP contribution in [0.4, 0.5) is 0 Å². The highest BCUT2D eigenvalue weighted by molar-refractivity contribution is 4.68. The highest BCUT2D eigenvalue weighted by Crippen LogP contribution is 2.00. The lowest BCUT2D eigenvalue weighted by atomic mass is 10.4. The van der Waals surface area contributed by atoms with Gasteiger partial charge in [-0.15, -0.1) is 6.58 Å². The summed E-state index contributed by atoms with van der Waals surface area (Å²) in [5, 5.41) is 16.9. The second kappa shape index (κ2) is 8.67. The molecule has 4 nitrogen and oxygen atoms in total.